The van der Waals surface area contributed by atoms with Gasteiger partial charge < -0.3 is 4.40 Å². The quantitative estimate of drug-likeness (QED) is 0.695. The third-order valence-electron chi connectivity index (χ3n) is 3.38. The molecule has 3 rings (SSSR count). The summed E-state index contributed by atoms with van der Waals surface area (Å²) in [5.74, 6) is 0.692. The summed E-state index contributed by atoms with van der Waals surface area (Å²) in [5, 5.41) is 18.2. The van der Waals surface area contributed by atoms with E-state index in [1.54, 1.807) is 0 Å². The van der Waals surface area contributed by atoms with E-state index in [9.17, 15) is 5.26 Å². The molecule has 0 fully saturated rings. The molecule has 0 bridgehead atoms. The summed E-state index contributed by atoms with van der Waals surface area (Å²) in [7, 11) is 0. The molecule has 6 heteroatoms. The first-order valence-corrected chi connectivity index (χ1v) is 7.47. The molecule has 0 saturated carbocycles. The number of aryl methyl sites for hydroxylation is 1. The van der Waals surface area contributed by atoms with Crippen LogP contribution in [0.25, 0.3) is 5.65 Å². The van der Waals surface area contributed by atoms with Crippen LogP contribution >= 0.6 is 11.8 Å². The first-order chi connectivity index (χ1) is 10.2. The Hall–Kier alpha value is -2.39. The van der Waals surface area contributed by atoms with Crippen LogP contribution < -0.4 is 0 Å². The maximum Gasteiger partial charge on any atom is 0.137 e. The Labute approximate surface area is 126 Å². The maximum absolute atomic E-state index is 9.30. The molecule has 0 aromatic carbocycles. The van der Waals surface area contributed by atoms with Gasteiger partial charge in [-0.3, -0.25) is 0 Å². The number of nitrogens with zero attached hydrogens (tertiary/aromatic N) is 5. The van der Waals surface area contributed by atoms with Gasteiger partial charge in [-0.25, -0.2) is 4.98 Å². The average Bonchev–Trinajstić information content (AvgIpc) is 2.92. The zero-order valence-electron chi connectivity index (χ0n) is 11.7. The van der Waals surface area contributed by atoms with Gasteiger partial charge in [0.1, 0.15) is 16.7 Å². The normalized spacial score (nSPS) is 10.7. The number of fused-ring (bicyclic) bond motifs is 1. The molecule has 0 aliphatic rings. The van der Waals surface area contributed by atoms with Gasteiger partial charge in [-0.05, 0) is 31.5 Å². The van der Waals surface area contributed by atoms with Crippen molar-refractivity contribution in [2.75, 3.05) is 0 Å². The van der Waals surface area contributed by atoms with E-state index in [4.69, 9.17) is 0 Å². The highest BCUT2D eigenvalue weighted by atomic mass is 32.2. The van der Waals surface area contributed by atoms with Crippen LogP contribution in [0.2, 0.25) is 0 Å². The molecule has 104 valence electrons. The number of rotatable bonds is 3. The lowest BCUT2D eigenvalue weighted by molar-refractivity contribution is 0.870. The average molecular weight is 295 g/mol. The first-order valence-electron chi connectivity index (χ1n) is 6.48. The molecular formula is C15H13N5S. The minimum atomic E-state index is 0.612. The number of aromatic nitrogens is 4. The Balaban J connectivity index is 1.89. The fraction of sp³-hybridized carbons (Fsp3) is 0.200. The SMILES string of the molecule is Cc1nnc(SCc2cnc3ccccn23)c(C#N)c1C. The minimum Gasteiger partial charge on any atom is -0.303 e. The van der Waals surface area contributed by atoms with Gasteiger partial charge in [0.25, 0.3) is 0 Å². The third kappa shape index (κ3) is 2.48. The highest BCUT2D eigenvalue weighted by molar-refractivity contribution is 7.98. The van der Waals surface area contributed by atoms with E-state index in [0.29, 0.717) is 16.3 Å². The zero-order valence-corrected chi connectivity index (χ0v) is 12.6. The van der Waals surface area contributed by atoms with Gasteiger partial charge in [0.15, 0.2) is 0 Å². The molecule has 21 heavy (non-hydrogen) atoms. The van der Waals surface area contributed by atoms with Gasteiger partial charge in [0.2, 0.25) is 0 Å². The van der Waals surface area contributed by atoms with Gasteiger partial charge in [-0.1, -0.05) is 17.8 Å². The van der Waals surface area contributed by atoms with Gasteiger partial charge >= 0.3 is 0 Å². The number of thioether (sulfide) groups is 1. The number of hydrogen-bond donors (Lipinski definition) is 0. The summed E-state index contributed by atoms with van der Waals surface area (Å²) in [5.41, 5.74) is 4.29. The van der Waals surface area contributed by atoms with E-state index in [1.165, 1.54) is 11.8 Å². The summed E-state index contributed by atoms with van der Waals surface area (Å²) < 4.78 is 2.04. The van der Waals surface area contributed by atoms with Crippen LogP contribution in [0.1, 0.15) is 22.5 Å². The van der Waals surface area contributed by atoms with Crippen LogP contribution in [-0.2, 0) is 5.75 Å². The Kier molecular flexibility index (Phi) is 3.59. The Morgan fingerprint density at radius 1 is 1.29 bits per heavy atom. The van der Waals surface area contributed by atoms with E-state index in [1.807, 2.05) is 48.8 Å². The van der Waals surface area contributed by atoms with Gasteiger partial charge in [0.05, 0.1) is 23.1 Å². The fourth-order valence-corrected chi connectivity index (χ4v) is 2.99. The van der Waals surface area contributed by atoms with Crippen LogP contribution in [0.4, 0.5) is 0 Å². The second kappa shape index (κ2) is 5.54. The Morgan fingerprint density at radius 2 is 2.14 bits per heavy atom. The number of nitriles is 1. The number of imidazole rings is 1. The molecule has 3 aromatic rings. The lowest BCUT2D eigenvalue weighted by Gasteiger charge is -2.06. The van der Waals surface area contributed by atoms with E-state index in [2.05, 4.69) is 21.3 Å². The van der Waals surface area contributed by atoms with E-state index in [0.717, 1.165) is 22.6 Å². The molecule has 0 atom stereocenters. The molecule has 0 aliphatic heterocycles. The maximum atomic E-state index is 9.30. The van der Waals surface area contributed by atoms with Crippen LogP contribution in [0.3, 0.4) is 0 Å². The number of hydrogen-bond acceptors (Lipinski definition) is 5. The summed E-state index contributed by atoms with van der Waals surface area (Å²) in [6, 6.07) is 8.12. The van der Waals surface area contributed by atoms with Crippen molar-refractivity contribution in [1.29, 1.82) is 5.26 Å². The van der Waals surface area contributed by atoms with Crippen molar-refractivity contribution >= 4 is 17.4 Å². The fourth-order valence-electron chi connectivity index (χ4n) is 2.05. The van der Waals surface area contributed by atoms with E-state index in [-0.39, 0.29) is 0 Å². The van der Waals surface area contributed by atoms with Crippen molar-refractivity contribution in [3.63, 3.8) is 0 Å². The monoisotopic (exact) mass is 295 g/mol. The zero-order chi connectivity index (χ0) is 14.8. The van der Waals surface area contributed by atoms with Crippen LogP contribution in [0.15, 0.2) is 35.6 Å². The lowest BCUT2D eigenvalue weighted by atomic mass is 10.1. The summed E-state index contributed by atoms with van der Waals surface area (Å²) >= 11 is 1.51. The molecule has 0 aliphatic carbocycles. The molecule has 3 aromatic heterocycles. The standard InChI is InChI=1S/C15H13N5S/c1-10-11(2)18-19-15(13(10)7-16)21-9-12-8-17-14-5-3-4-6-20(12)14/h3-6,8H,9H2,1-2H3. The molecule has 0 spiro atoms. The van der Waals surface area contributed by atoms with Crippen molar-refractivity contribution in [3.8, 4) is 6.07 Å². The van der Waals surface area contributed by atoms with Crippen LogP contribution in [0, 0.1) is 25.2 Å². The predicted octanol–water partition coefficient (Wildman–Crippen LogP) is 2.91. The van der Waals surface area contributed by atoms with Crippen molar-refractivity contribution in [1.82, 2.24) is 19.6 Å². The van der Waals surface area contributed by atoms with Crippen LogP contribution in [0.5, 0.6) is 0 Å². The lowest BCUT2D eigenvalue weighted by Crippen LogP contribution is -1.99. The van der Waals surface area contributed by atoms with Crippen molar-refractivity contribution in [2.45, 2.75) is 24.6 Å². The Bertz CT molecular complexity index is 847. The first kappa shape index (κ1) is 13.6. The summed E-state index contributed by atoms with van der Waals surface area (Å²) in [4.78, 5) is 4.35. The second-order valence-electron chi connectivity index (χ2n) is 4.67. The largest absolute Gasteiger partial charge is 0.303 e. The summed E-state index contributed by atoms with van der Waals surface area (Å²) in [6.45, 7) is 3.77. The minimum absolute atomic E-state index is 0.612. The molecule has 0 N–H and O–H groups in total. The predicted molar refractivity (Wildman–Crippen MR) is 81.0 cm³/mol. The number of pyridine rings is 1. The highest BCUT2D eigenvalue weighted by Crippen LogP contribution is 2.26. The molecule has 3 heterocycles. The van der Waals surface area contributed by atoms with Crippen LogP contribution in [-0.4, -0.2) is 19.6 Å². The van der Waals surface area contributed by atoms with Gasteiger partial charge in [0, 0.05) is 11.9 Å². The van der Waals surface area contributed by atoms with Gasteiger partial charge in [-0.2, -0.15) is 10.4 Å². The summed E-state index contributed by atoms with van der Waals surface area (Å²) in [6.07, 6.45) is 3.83. The molecule has 5 nitrogen and oxygen atoms in total. The molecule has 0 saturated heterocycles. The molecule has 0 unspecified atom stereocenters. The molecule has 0 amide bonds. The molecular weight excluding hydrogens is 282 g/mol. The van der Waals surface area contributed by atoms with Gasteiger partial charge in [-0.15, -0.1) is 5.10 Å². The Morgan fingerprint density at radius 3 is 2.95 bits per heavy atom. The van der Waals surface area contributed by atoms with Crippen molar-refractivity contribution in [2.24, 2.45) is 0 Å². The third-order valence-corrected chi connectivity index (χ3v) is 4.38. The molecule has 0 radical (unpaired) electrons. The van der Waals surface area contributed by atoms with Crippen molar-refractivity contribution < 1.29 is 0 Å². The highest BCUT2D eigenvalue weighted by Gasteiger charge is 2.12. The van der Waals surface area contributed by atoms with Crippen molar-refractivity contribution in [3.05, 3.63) is 53.1 Å². The second-order valence-corrected chi connectivity index (χ2v) is 5.63. The topological polar surface area (TPSA) is 66.9 Å². The smallest absolute Gasteiger partial charge is 0.137 e. The van der Waals surface area contributed by atoms with E-state index >= 15 is 0 Å². The van der Waals surface area contributed by atoms with E-state index < -0.39 is 0 Å².